The molecule has 0 spiro atoms. The summed E-state index contributed by atoms with van der Waals surface area (Å²) in [6.07, 6.45) is 1.42. The van der Waals surface area contributed by atoms with Crippen molar-refractivity contribution in [3.05, 3.63) is 35.9 Å². The number of rotatable bonds is 3. The van der Waals surface area contributed by atoms with Crippen molar-refractivity contribution in [2.45, 2.75) is 0 Å². The van der Waals surface area contributed by atoms with E-state index in [1.807, 2.05) is 12.1 Å². The quantitative estimate of drug-likeness (QED) is 0.300. The molecule has 0 saturated carbocycles. The van der Waals surface area contributed by atoms with E-state index >= 15 is 0 Å². The van der Waals surface area contributed by atoms with E-state index in [1.165, 1.54) is 35.8 Å². The smallest absolute Gasteiger partial charge is 0.204 e. The van der Waals surface area contributed by atoms with Crippen LogP contribution < -0.4 is 5.43 Å². The Kier molecular flexibility index (Phi) is 3.28. The first-order valence-corrected chi connectivity index (χ1v) is 8.08. The summed E-state index contributed by atoms with van der Waals surface area (Å²) in [6.45, 7) is 0. The Hall–Kier alpha value is -2.78. The van der Waals surface area contributed by atoms with Gasteiger partial charge in [-0.1, -0.05) is 11.3 Å². The molecule has 0 radical (unpaired) electrons. The molecule has 0 unspecified atom stereocenters. The summed E-state index contributed by atoms with van der Waals surface area (Å²) in [4.78, 5) is 4.47. The zero-order valence-electron chi connectivity index (χ0n) is 11.5. The van der Waals surface area contributed by atoms with Gasteiger partial charge in [0.25, 0.3) is 0 Å². The highest BCUT2D eigenvalue weighted by molar-refractivity contribution is 7.22. The number of aromatic nitrogens is 3. The Labute approximate surface area is 137 Å². The number of anilines is 1. The molecule has 2 aromatic carbocycles. The third-order valence-corrected chi connectivity index (χ3v) is 4.63. The number of phenolic OH excluding ortho intramolecular Hbond substituents is 2. The summed E-state index contributed by atoms with van der Waals surface area (Å²) < 4.78 is 9.44. The van der Waals surface area contributed by atoms with Crippen LogP contribution in [0.5, 0.6) is 11.5 Å². The normalized spacial score (nSPS) is 11.7. The molecule has 2 heterocycles. The second kappa shape index (κ2) is 5.45. The first-order valence-electron chi connectivity index (χ1n) is 6.53. The number of hydrogen-bond donors (Lipinski definition) is 3. The van der Waals surface area contributed by atoms with Gasteiger partial charge in [0.2, 0.25) is 5.13 Å². The predicted molar refractivity (Wildman–Crippen MR) is 91.6 cm³/mol. The average Bonchev–Trinajstić information content (AvgIpc) is 3.15. The molecule has 0 aliphatic carbocycles. The van der Waals surface area contributed by atoms with Crippen molar-refractivity contribution in [2.24, 2.45) is 5.10 Å². The largest absolute Gasteiger partial charge is 0.508 e. The van der Waals surface area contributed by atoms with Crippen LogP contribution in [0.25, 0.3) is 21.3 Å². The summed E-state index contributed by atoms with van der Waals surface area (Å²) in [5.74, 6) is 0.0931. The maximum atomic E-state index is 9.68. The van der Waals surface area contributed by atoms with Gasteiger partial charge in [-0.3, -0.25) is 5.43 Å². The van der Waals surface area contributed by atoms with Crippen molar-refractivity contribution < 1.29 is 10.2 Å². The summed E-state index contributed by atoms with van der Waals surface area (Å²) in [7, 11) is 0. The first kappa shape index (κ1) is 13.9. The van der Waals surface area contributed by atoms with E-state index in [2.05, 4.69) is 24.3 Å². The number of hydrazone groups is 1. The van der Waals surface area contributed by atoms with Crippen molar-refractivity contribution in [1.82, 2.24) is 13.7 Å². The Morgan fingerprint density at radius 3 is 2.91 bits per heavy atom. The number of hydrogen-bond acceptors (Lipinski definition) is 9. The lowest BCUT2D eigenvalue weighted by Crippen LogP contribution is -1.90. The average molecular weight is 343 g/mol. The predicted octanol–water partition coefficient (Wildman–Crippen LogP) is 3.16. The molecule has 23 heavy (non-hydrogen) atoms. The molecule has 0 atom stereocenters. The van der Waals surface area contributed by atoms with Crippen LogP contribution in [-0.4, -0.2) is 30.2 Å². The zero-order chi connectivity index (χ0) is 15.8. The van der Waals surface area contributed by atoms with E-state index in [0.29, 0.717) is 10.7 Å². The van der Waals surface area contributed by atoms with Gasteiger partial charge in [0.1, 0.15) is 28.0 Å². The second-order valence-electron chi connectivity index (χ2n) is 4.68. The topological polar surface area (TPSA) is 104 Å². The van der Waals surface area contributed by atoms with E-state index in [0.717, 1.165) is 33.0 Å². The van der Waals surface area contributed by atoms with Crippen molar-refractivity contribution in [3.8, 4) is 11.5 Å². The molecule has 114 valence electrons. The number of nitrogens with zero attached hydrogens (tertiary/aromatic N) is 4. The molecule has 4 rings (SSSR count). The summed E-state index contributed by atoms with van der Waals surface area (Å²) in [5.41, 5.74) is 5.63. The minimum Gasteiger partial charge on any atom is -0.508 e. The van der Waals surface area contributed by atoms with Crippen LogP contribution in [0.4, 0.5) is 5.13 Å². The van der Waals surface area contributed by atoms with E-state index in [-0.39, 0.29) is 11.5 Å². The van der Waals surface area contributed by atoms with Crippen molar-refractivity contribution in [3.63, 3.8) is 0 Å². The Morgan fingerprint density at radius 1 is 1.09 bits per heavy atom. The highest BCUT2D eigenvalue weighted by Crippen LogP contribution is 2.30. The van der Waals surface area contributed by atoms with Gasteiger partial charge < -0.3 is 10.2 Å². The molecule has 7 nitrogen and oxygen atoms in total. The number of fused-ring (bicyclic) bond motifs is 3. The maximum absolute atomic E-state index is 9.68. The van der Waals surface area contributed by atoms with E-state index in [1.54, 1.807) is 0 Å². The molecule has 0 aliphatic heterocycles. The van der Waals surface area contributed by atoms with Gasteiger partial charge in [-0.25, -0.2) is 4.98 Å². The van der Waals surface area contributed by atoms with Gasteiger partial charge in [0.05, 0.1) is 22.6 Å². The van der Waals surface area contributed by atoms with Gasteiger partial charge >= 0.3 is 0 Å². The molecule has 0 amide bonds. The highest BCUT2D eigenvalue weighted by Gasteiger charge is 2.09. The zero-order valence-corrected chi connectivity index (χ0v) is 13.1. The Bertz CT molecular complexity index is 1040. The van der Waals surface area contributed by atoms with Gasteiger partial charge in [0.15, 0.2) is 0 Å². The molecule has 0 bridgehead atoms. The Morgan fingerprint density at radius 2 is 2.00 bits per heavy atom. The molecule has 4 aromatic rings. The van der Waals surface area contributed by atoms with Crippen molar-refractivity contribution >= 4 is 55.7 Å². The fourth-order valence-corrected chi connectivity index (χ4v) is 3.44. The van der Waals surface area contributed by atoms with Crippen LogP contribution in [0.15, 0.2) is 35.4 Å². The lowest BCUT2D eigenvalue weighted by molar-refractivity contribution is 0.459. The molecule has 3 N–H and O–H groups in total. The van der Waals surface area contributed by atoms with Gasteiger partial charge in [0, 0.05) is 5.56 Å². The van der Waals surface area contributed by atoms with Crippen LogP contribution in [0.2, 0.25) is 0 Å². The molecular formula is C14H9N5O2S2. The monoisotopic (exact) mass is 343 g/mol. The van der Waals surface area contributed by atoms with Gasteiger partial charge in [-0.15, -0.1) is 0 Å². The number of benzene rings is 2. The van der Waals surface area contributed by atoms with Crippen LogP contribution in [0, 0.1) is 0 Å². The van der Waals surface area contributed by atoms with Gasteiger partial charge in [-0.2, -0.15) is 13.8 Å². The van der Waals surface area contributed by atoms with Crippen LogP contribution in [0.3, 0.4) is 0 Å². The fraction of sp³-hybridized carbons (Fsp3) is 0. The first-order chi connectivity index (χ1) is 11.2. The third-order valence-electron chi connectivity index (χ3n) is 3.16. The SMILES string of the molecule is Oc1ccc(O)c(C=NNc2nc3c(ccc4nsnc43)s2)c1. The summed E-state index contributed by atoms with van der Waals surface area (Å²) in [5, 5.41) is 23.8. The molecule has 2 aromatic heterocycles. The van der Waals surface area contributed by atoms with Crippen molar-refractivity contribution in [1.29, 1.82) is 0 Å². The third kappa shape index (κ3) is 2.56. The summed E-state index contributed by atoms with van der Waals surface area (Å²) >= 11 is 2.61. The van der Waals surface area contributed by atoms with Crippen molar-refractivity contribution in [2.75, 3.05) is 5.43 Å². The summed E-state index contributed by atoms with van der Waals surface area (Å²) in [6, 6.07) is 8.09. The lowest BCUT2D eigenvalue weighted by atomic mass is 10.2. The fourth-order valence-electron chi connectivity index (χ4n) is 2.09. The number of aromatic hydroxyl groups is 2. The number of thiazole rings is 1. The van der Waals surface area contributed by atoms with Gasteiger partial charge in [-0.05, 0) is 30.3 Å². The van der Waals surface area contributed by atoms with E-state index in [4.69, 9.17) is 0 Å². The van der Waals surface area contributed by atoms with Crippen LogP contribution >= 0.6 is 23.1 Å². The molecule has 0 fully saturated rings. The molecule has 0 aliphatic rings. The van der Waals surface area contributed by atoms with E-state index < -0.39 is 0 Å². The minimum absolute atomic E-state index is 0.0351. The number of nitrogens with one attached hydrogen (secondary N) is 1. The molecular weight excluding hydrogens is 334 g/mol. The maximum Gasteiger partial charge on any atom is 0.204 e. The molecule has 0 saturated heterocycles. The second-order valence-corrected chi connectivity index (χ2v) is 6.24. The highest BCUT2D eigenvalue weighted by atomic mass is 32.1. The van der Waals surface area contributed by atoms with E-state index in [9.17, 15) is 10.2 Å². The lowest BCUT2D eigenvalue weighted by Gasteiger charge is -1.99. The van der Waals surface area contributed by atoms with Crippen LogP contribution in [0.1, 0.15) is 5.56 Å². The molecule has 9 heteroatoms. The minimum atomic E-state index is 0.0351. The standard InChI is InChI=1S/C14H9N5O2S2/c20-8-1-3-10(21)7(5-8)6-15-17-14-16-13-11(22-14)4-2-9-12(13)19-23-18-9/h1-6,20-21H,(H,16,17). The number of phenols is 2. The Balaban J connectivity index is 1.62. The van der Waals surface area contributed by atoms with Crippen LogP contribution in [-0.2, 0) is 0 Å².